The second kappa shape index (κ2) is 6.70. The van der Waals surface area contributed by atoms with Gasteiger partial charge in [0, 0.05) is 6.07 Å². The number of benzene rings is 1. The summed E-state index contributed by atoms with van der Waals surface area (Å²) in [6, 6.07) is 14.4. The topological polar surface area (TPSA) is 62.0 Å². The fourth-order valence-corrected chi connectivity index (χ4v) is 2.11. The lowest BCUT2D eigenvalue weighted by Gasteiger charge is -2.18. The number of aromatic amines is 1. The monoisotopic (exact) mass is 270 g/mol. The van der Waals surface area contributed by atoms with Gasteiger partial charge in [-0.25, -0.2) is 0 Å². The van der Waals surface area contributed by atoms with Crippen LogP contribution in [0.2, 0.25) is 0 Å². The average molecular weight is 270 g/mol. The van der Waals surface area contributed by atoms with E-state index in [1.165, 1.54) is 6.07 Å². The maximum absolute atomic E-state index is 12.2. The summed E-state index contributed by atoms with van der Waals surface area (Å²) in [5.41, 5.74) is 1.08. The summed E-state index contributed by atoms with van der Waals surface area (Å²) in [4.78, 5) is 26.0. The van der Waals surface area contributed by atoms with E-state index in [-0.39, 0.29) is 23.2 Å². The molecule has 2 rings (SSSR count). The summed E-state index contributed by atoms with van der Waals surface area (Å²) < 4.78 is 0. The molecule has 2 N–H and O–H groups in total. The minimum absolute atomic E-state index is 0.0441. The van der Waals surface area contributed by atoms with Crippen molar-refractivity contribution in [2.45, 2.75) is 25.8 Å². The van der Waals surface area contributed by atoms with Crippen molar-refractivity contribution in [1.82, 2.24) is 10.3 Å². The molecule has 0 radical (unpaired) electrons. The van der Waals surface area contributed by atoms with Gasteiger partial charge in [-0.1, -0.05) is 49.7 Å². The highest BCUT2D eigenvalue weighted by atomic mass is 16.2. The predicted molar refractivity (Wildman–Crippen MR) is 78.6 cm³/mol. The van der Waals surface area contributed by atoms with Crippen molar-refractivity contribution in [3.05, 3.63) is 70.1 Å². The molecule has 0 saturated carbocycles. The van der Waals surface area contributed by atoms with E-state index in [0.717, 1.165) is 18.4 Å². The van der Waals surface area contributed by atoms with Crippen molar-refractivity contribution in [3.8, 4) is 0 Å². The molecule has 0 bridgehead atoms. The smallest absolute Gasteiger partial charge is 0.268 e. The van der Waals surface area contributed by atoms with Gasteiger partial charge in [0.05, 0.1) is 6.04 Å². The molecule has 0 fully saturated rings. The van der Waals surface area contributed by atoms with Gasteiger partial charge in [-0.3, -0.25) is 9.59 Å². The van der Waals surface area contributed by atoms with Gasteiger partial charge in [0.2, 0.25) is 5.56 Å². The van der Waals surface area contributed by atoms with Crippen LogP contribution < -0.4 is 10.9 Å². The molecule has 4 nitrogen and oxygen atoms in total. The van der Waals surface area contributed by atoms with Crippen LogP contribution in [0, 0.1) is 0 Å². The lowest BCUT2D eigenvalue weighted by Crippen LogP contribution is -2.30. The Morgan fingerprint density at radius 3 is 2.55 bits per heavy atom. The summed E-state index contributed by atoms with van der Waals surface area (Å²) in [5.74, 6) is -0.259. The largest absolute Gasteiger partial charge is 0.344 e. The van der Waals surface area contributed by atoms with Crippen LogP contribution in [-0.2, 0) is 0 Å². The highest BCUT2D eigenvalue weighted by Crippen LogP contribution is 2.18. The van der Waals surface area contributed by atoms with Crippen molar-refractivity contribution in [3.63, 3.8) is 0 Å². The first-order valence-corrected chi connectivity index (χ1v) is 6.76. The number of nitrogens with one attached hydrogen (secondary N) is 2. The summed E-state index contributed by atoms with van der Waals surface area (Å²) in [5, 5.41) is 2.97. The van der Waals surface area contributed by atoms with Crippen molar-refractivity contribution in [1.29, 1.82) is 0 Å². The molecule has 1 atom stereocenters. The lowest BCUT2D eigenvalue weighted by atomic mass is 10.0. The third-order valence-corrected chi connectivity index (χ3v) is 3.10. The van der Waals surface area contributed by atoms with E-state index >= 15 is 0 Å². The zero-order chi connectivity index (χ0) is 14.4. The van der Waals surface area contributed by atoms with Gasteiger partial charge in [-0.15, -0.1) is 0 Å². The summed E-state index contributed by atoms with van der Waals surface area (Å²) in [6.45, 7) is 2.08. The third kappa shape index (κ3) is 3.57. The quantitative estimate of drug-likeness (QED) is 0.877. The average Bonchev–Trinajstić information content (AvgIpc) is 2.47. The first-order valence-electron chi connectivity index (χ1n) is 6.76. The van der Waals surface area contributed by atoms with E-state index in [1.807, 2.05) is 30.3 Å². The molecule has 1 unspecified atom stereocenters. The highest BCUT2D eigenvalue weighted by molar-refractivity contribution is 5.92. The van der Waals surface area contributed by atoms with Crippen LogP contribution in [0.4, 0.5) is 0 Å². The van der Waals surface area contributed by atoms with Gasteiger partial charge in [0.25, 0.3) is 5.91 Å². The van der Waals surface area contributed by atoms with E-state index in [1.54, 1.807) is 12.1 Å². The van der Waals surface area contributed by atoms with Crippen molar-refractivity contribution in [2.75, 3.05) is 0 Å². The van der Waals surface area contributed by atoms with Gasteiger partial charge in [-0.05, 0) is 18.1 Å². The van der Waals surface area contributed by atoms with Gasteiger partial charge in [-0.2, -0.15) is 0 Å². The number of hydrogen-bond donors (Lipinski definition) is 2. The normalized spacial score (nSPS) is 11.8. The number of carbonyl (C=O) groups is 1. The van der Waals surface area contributed by atoms with Crippen LogP contribution in [0.1, 0.15) is 41.9 Å². The number of rotatable bonds is 5. The highest BCUT2D eigenvalue weighted by Gasteiger charge is 2.15. The molecule has 0 spiro atoms. The van der Waals surface area contributed by atoms with Crippen molar-refractivity contribution < 1.29 is 4.79 Å². The molecule has 1 amide bonds. The zero-order valence-electron chi connectivity index (χ0n) is 11.4. The lowest BCUT2D eigenvalue weighted by molar-refractivity contribution is 0.0929. The Hall–Kier alpha value is -2.36. The fourth-order valence-electron chi connectivity index (χ4n) is 2.11. The maximum Gasteiger partial charge on any atom is 0.268 e. The Labute approximate surface area is 117 Å². The number of H-pyrrole nitrogens is 1. The van der Waals surface area contributed by atoms with Crippen LogP contribution in [-0.4, -0.2) is 10.9 Å². The first-order chi connectivity index (χ1) is 9.70. The van der Waals surface area contributed by atoms with Crippen molar-refractivity contribution >= 4 is 5.91 Å². The van der Waals surface area contributed by atoms with Gasteiger partial charge in [0.1, 0.15) is 5.69 Å². The van der Waals surface area contributed by atoms with E-state index in [9.17, 15) is 9.59 Å². The third-order valence-electron chi connectivity index (χ3n) is 3.10. The van der Waals surface area contributed by atoms with Gasteiger partial charge in [0.15, 0.2) is 0 Å². The Morgan fingerprint density at radius 1 is 1.15 bits per heavy atom. The zero-order valence-corrected chi connectivity index (χ0v) is 11.4. The Morgan fingerprint density at radius 2 is 1.90 bits per heavy atom. The van der Waals surface area contributed by atoms with Crippen molar-refractivity contribution in [2.24, 2.45) is 0 Å². The maximum atomic E-state index is 12.2. The van der Waals surface area contributed by atoms with E-state index in [0.29, 0.717) is 0 Å². The van der Waals surface area contributed by atoms with Gasteiger partial charge < -0.3 is 10.3 Å². The molecule has 0 aliphatic carbocycles. The van der Waals surface area contributed by atoms with Crippen LogP contribution in [0.3, 0.4) is 0 Å². The van der Waals surface area contributed by atoms with Crippen LogP contribution >= 0.6 is 0 Å². The summed E-state index contributed by atoms with van der Waals surface area (Å²) in [7, 11) is 0. The molecule has 0 aliphatic heterocycles. The van der Waals surface area contributed by atoms with Crippen LogP contribution in [0.5, 0.6) is 0 Å². The summed E-state index contributed by atoms with van der Waals surface area (Å²) in [6.07, 6.45) is 1.82. The molecule has 1 heterocycles. The molecular formula is C16H18N2O2. The fraction of sp³-hybridized carbons (Fsp3) is 0.250. The molecule has 0 aliphatic rings. The first kappa shape index (κ1) is 14.1. The Kier molecular flexibility index (Phi) is 4.71. The minimum atomic E-state index is -0.274. The number of carbonyl (C=O) groups excluding carboxylic acids is 1. The molecule has 20 heavy (non-hydrogen) atoms. The molecule has 104 valence electrons. The number of pyridine rings is 1. The number of hydrogen-bond acceptors (Lipinski definition) is 2. The van der Waals surface area contributed by atoms with E-state index in [2.05, 4.69) is 17.2 Å². The molecule has 4 heteroatoms. The summed E-state index contributed by atoms with van der Waals surface area (Å²) >= 11 is 0. The Balaban J connectivity index is 2.16. The molecule has 1 aromatic heterocycles. The molecular weight excluding hydrogens is 252 g/mol. The number of aromatic nitrogens is 1. The van der Waals surface area contributed by atoms with Gasteiger partial charge >= 0.3 is 0 Å². The van der Waals surface area contributed by atoms with Crippen LogP contribution in [0.25, 0.3) is 0 Å². The molecule has 1 aromatic carbocycles. The predicted octanol–water partition coefficient (Wildman–Crippen LogP) is 2.65. The standard InChI is InChI=1S/C16H18N2O2/c1-2-7-13(12-8-4-3-5-9-12)18-16(20)14-10-6-11-15(19)17-14/h3-6,8-11,13H,2,7H2,1H3,(H,17,19)(H,18,20). The minimum Gasteiger partial charge on any atom is -0.344 e. The Bertz CT molecular complexity index is 620. The van der Waals surface area contributed by atoms with E-state index < -0.39 is 0 Å². The SMILES string of the molecule is CCCC(NC(=O)c1cccc(=O)[nH]1)c1ccccc1. The molecule has 0 saturated heterocycles. The van der Waals surface area contributed by atoms with Crippen LogP contribution in [0.15, 0.2) is 53.3 Å². The number of amides is 1. The second-order valence-electron chi connectivity index (χ2n) is 4.65. The second-order valence-corrected chi connectivity index (χ2v) is 4.65. The van der Waals surface area contributed by atoms with E-state index in [4.69, 9.17) is 0 Å². The molecule has 2 aromatic rings.